The minimum Gasteiger partial charge on any atom is -0.482 e. The predicted molar refractivity (Wildman–Crippen MR) is 106 cm³/mol. The molecule has 7 heteroatoms. The molecule has 2 aromatic carbocycles. The molecule has 0 aliphatic carbocycles. The summed E-state index contributed by atoms with van der Waals surface area (Å²) >= 11 is 0. The molecule has 3 rings (SSSR count). The van der Waals surface area contributed by atoms with Crippen molar-refractivity contribution in [2.45, 2.75) is 25.8 Å². The zero-order valence-electron chi connectivity index (χ0n) is 15.9. The van der Waals surface area contributed by atoms with Crippen LogP contribution in [-0.2, 0) is 20.8 Å². The first-order valence-electron chi connectivity index (χ1n) is 9.13. The molecule has 0 bridgehead atoms. The molecule has 7 nitrogen and oxygen atoms in total. The van der Waals surface area contributed by atoms with E-state index in [1.165, 1.54) is 10.5 Å². The highest BCUT2D eigenvalue weighted by Gasteiger charge is 2.23. The maximum absolute atomic E-state index is 12.2. The molecule has 0 fully saturated rings. The van der Waals surface area contributed by atoms with Gasteiger partial charge in [0.2, 0.25) is 0 Å². The lowest BCUT2D eigenvalue weighted by atomic mass is 10.1. The molecule has 0 aromatic heterocycles. The third kappa shape index (κ3) is 4.68. The van der Waals surface area contributed by atoms with E-state index < -0.39 is 11.8 Å². The number of aryl methyl sites for hydroxylation is 1. The number of rotatable bonds is 5. The molecule has 146 valence electrons. The van der Waals surface area contributed by atoms with E-state index in [0.29, 0.717) is 17.1 Å². The van der Waals surface area contributed by atoms with E-state index in [2.05, 4.69) is 10.6 Å². The molecular formula is C21H23N3O4. The number of amides is 3. The van der Waals surface area contributed by atoms with Gasteiger partial charge in [0.1, 0.15) is 5.75 Å². The van der Waals surface area contributed by atoms with Crippen LogP contribution >= 0.6 is 0 Å². The topological polar surface area (TPSA) is 87.7 Å². The molecule has 0 saturated carbocycles. The number of nitrogens with zero attached hydrogens (tertiary/aromatic N) is 1. The quantitative estimate of drug-likeness (QED) is 0.777. The number of carbonyl (C=O) groups is 3. The van der Waals surface area contributed by atoms with E-state index >= 15 is 0 Å². The first kappa shape index (κ1) is 19.4. The van der Waals surface area contributed by atoms with Gasteiger partial charge in [-0.3, -0.25) is 14.4 Å². The second kappa shape index (κ2) is 8.56. The Hall–Kier alpha value is -3.35. The van der Waals surface area contributed by atoms with Crippen LogP contribution in [0.1, 0.15) is 18.9 Å². The number of anilines is 2. The molecule has 0 spiro atoms. The van der Waals surface area contributed by atoms with Crippen LogP contribution in [0.5, 0.6) is 5.75 Å². The van der Waals surface area contributed by atoms with Gasteiger partial charge in [0, 0.05) is 18.8 Å². The summed E-state index contributed by atoms with van der Waals surface area (Å²) < 4.78 is 5.35. The van der Waals surface area contributed by atoms with Gasteiger partial charge in [-0.25, -0.2) is 0 Å². The van der Waals surface area contributed by atoms with Crippen molar-refractivity contribution in [3.8, 4) is 5.75 Å². The Balaban J connectivity index is 1.54. The second-order valence-corrected chi connectivity index (χ2v) is 6.78. The van der Waals surface area contributed by atoms with Gasteiger partial charge >= 0.3 is 11.8 Å². The zero-order valence-corrected chi connectivity index (χ0v) is 15.9. The largest absolute Gasteiger partial charge is 0.482 e. The SMILES string of the molecule is C[C@@H](CCc1ccccc1)NC(=O)C(=O)Nc1ccc2c(c1)N(C)C(=O)CO2. The maximum atomic E-state index is 12.2. The monoisotopic (exact) mass is 381 g/mol. The number of likely N-dealkylation sites (N-methyl/N-ethyl adjacent to an activating group) is 1. The van der Waals surface area contributed by atoms with E-state index in [1.807, 2.05) is 37.3 Å². The summed E-state index contributed by atoms with van der Waals surface area (Å²) in [6.07, 6.45) is 1.54. The zero-order chi connectivity index (χ0) is 20.1. The van der Waals surface area contributed by atoms with Gasteiger partial charge in [0.05, 0.1) is 5.69 Å². The van der Waals surface area contributed by atoms with Crippen molar-refractivity contribution >= 4 is 29.1 Å². The molecule has 0 saturated heterocycles. The van der Waals surface area contributed by atoms with Gasteiger partial charge < -0.3 is 20.3 Å². The van der Waals surface area contributed by atoms with Gasteiger partial charge in [0.25, 0.3) is 5.91 Å². The fourth-order valence-electron chi connectivity index (χ4n) is 2.93. The standard InChI is InChI=1S/C21H23N3O4/c1-14(8-9-15-6-4-3-5-7-15)22-20(26)21(27)23-16-10-11-18-17(12-16)24(2)19(25)13-28-18/h3-7,10-12,14H,8-9,13H2,1-2H3,(H,22,26)(H,23,27)/t14-/m0/s1. The van der Waals surface area contributed by atoms with E-state index in [0.717, 1.165) is 12.8 Å². The summed E-state index contributed by atoms with van der Waals surface area (Å²) in [5.41, 5.74) is 2.15. The molecular weight excluding hydrogens is 358 g/mol. The molecule has 0 unspecified atom stereocenters. The number of nitrogens with one attached hydrogen (secondary N) is 2. The Morgan fingerprint density at radius 2 is 1.89 bits per heavy atom. The van der Waals surface area contributed by atoms with E-state index in [-0.39, 0.29) is 18.6 Å². The first-order chi connectivity index (χ1) is 13.4. The molecule has 1 aliphatic heterocycles. The van der Waals surface area contributed by atoms with Crippen LogP contribution in [0.4, 0.5) is 11.4 Å². The van der Waals surface area contributed by atoms with Crippen molar-refractivity contribution in [2.75, 3.05) is 23.9 Å². The van der Waals surface area contributed by atoms with Crippen LogP contribution < -0.4 is 20.3 Å². The molecule has 1 atom stereocenters. The van der Waals surface area contributed by atoms with Gasteiger partial charge in [0.15, 0.2) is 6.61 Å². The van der Waals surface area contributed by atoms with Crippen molar-refractivity contribution in [3.63, 3.8) is 0 Å². The molecule has 1 heterocycles. The molecule has 2 N–H and O–H groups in total. The molecule has 3 amide bonds. The van der Waals surface area contributed by atoms with E-state index in [9.17, 15) is 14.4 Å². The lowest BCUT2D eigenvalue weighted by Gasteiger charge is -2.26. The minimum absolute atomic E-state index is 0.0154. The van der Waals surface area contributed by atoms with Crippen LogP contribution in [0.25, 0.3) is 0 Å². The lowest BCUT2D eigenvalue weighted by Crippen LogP contribution is -2.40. The summed E-state index contributed by atoms with van der Waals surface area (Å²) in [4.78, 5) is 37.6. The van der Waals surface area contributed by atoms with Gasteiger partial charge in [-0.05, 0) is 43.5 Å². The predicted octanol–water partition coefficient (Wildman–Crippen LogP) is 2.12. The summed E-state index contributed by atoms with van der Waals surface area (Å²) in [6.45, 7) is 1.85. The first-order valence-corrected chi connectivity index (χ1v) is 9.13. The number of fused-ring (bicyclic) bond motifs is 1. The maximum Gasteiger partial charge on any atom is 0.313 e. The van der Waals surface area contributed by atoms with Crippen LogP contribution in [0.3, 0.4) is 0 Å². The number of carbonyl (C=O) groups excluding carboxylic acids is 3. The minimum atomic E-state index is -0.753. The van der Waals surface area contributed by atoms with E-state index in [4.69, 9.17) is 4.74 Å². The van der Waals surface area contributed by atoms with Gasteiger partial charge in [-0.2, -0.15) is 0 Å². The Morgan fingerprint density at radius 3 is 2.64 bits per heavy atom. The molecule has 1 aliphatic rings. The fourth-order valence-corrected chi connectivity index (χ4v) is 2.93. The third-order valence-corrected chi connectivity index (χ3v) is 4.60. The van der Waals surface area contributed by atoms with Crippen molar-refractivity contribution in [1.29, 1.82) is 0 Å². The smallest absolute Gasteiger partial charge is 0.313 e. The number of benzene rings is 2. The van der Waals surface area contributed by atoms with E-state index in [1.54, 1.807) is 25.2 Å². The Morgan fingerprint density at radius 1 is 1.14 bits per heavy atom. The Bertz CT molecular complexity index is 882. The summed E-state index contributed by atoms with van der Waals surface area (Å²) in [5.74, 6) is -1.07. The highest BCUT2D eigenvalue weighted by atomic mass is 16.5. The number of ether oxygens (including phenoxy) is 1. The summed E-state index contributed by atoms with van der Waals surface area (Å²) in [6, 6.07) is 14.7. The van der Waals surface area contributed by atoms with Crippen molar-refractivity contribution < 1.29 is 19.1 Å². The highest BCUT2D eigenvalue weighted by molar-refractivity contribution is 6.39. The second-order valence-electron chi connectivity index (χ2n) is 6.78. The van der Waals surface area contributed by atoms with Crippen LogP contribution in [0.15, 0.2) is 48.5 Å². The fraction of sp³-hybridized carbons (Fsp3) is 0.286. The third-order valence-electron chi connectivity index (χ3n) is 4.60. The normalized spacial score (nSPS) is 13.9. The Labute approximate surface area is 163 Å². The molecule has 0 radical (unpaired) electrons. The number of hydrogen-bond acceptors (Lipinski definition) is 4. The van der Waals surface area contributed by atoms with Gasteiger partial charge in [-0.1, -0.05) is 30.3 Å². The van der Waals surface area contributed by atoms with Crippen molar-refractivity contribution in [3.05, 3.63) is 54.1 Å². The van der Waals surface area contributed by atoms with Crippen LogP contribution in [-0.4, -0.2) is 37.4 Å². The van der Waals surface area contributed by atoms with Crippen molar-refractivity contribution in [1.82, 2.24) is 5.32 Å². The van der Waals surface area contributed by atoms with Crippen LogP contribution in [0, 0.1) is 0 Å². The highest BCUT2D eigenvalue weighted by Crippen LogP contribution is 2.33. The average Bonchev–Trinajstić information content (AvgIpc) is 2.70. The lowest BCUT2D eigenvalue weighted by molar-refractivity contribution is -0.136. The summed E-state index contributed by atoms with van der Waals surface area (Å²) in [7, 11) is 1.64. The number of hydrogen-bond donors (Lipinski definition) is 2. The summed E-state index contributed by atoms with van der Waals surface area (Å²) in [5, 5.41) is 5.27. The molecule has 2 aromatic rings. The van der Waals surface area contributed by atoms with Crippen LogP contribution in [0.2, 0.25) is 0 Å². The molecule has 28 heavy (non-hydrogen) atoms. The van der Waals surface area contributed by atoms with Crippen molar-refractivity contribution in [2.24, 2.45) is 0 Å². The van der Waals surface area contributed by atoms with Gasteiger partial charge in [-0.15, -0.1) is 0 Å². The Kier molecular flexibility index (Phi) is 5.93. The average molecular weight is 381 g/mol.